The third-order valence-electron chi connectivity index (χ3n) is 6.61. The van der Waals surface area contributed by atoms with Gasteiger partial charge in [0.2, 0.25) is 0 Å². The molecule has 0 fully saturated rings. The normalized spacial score (nSPS) is 14.4. The van der Waals surface area contributed by atoms with Gasteiger partial charge < -0.3 is 4.74 Å². The minimum absolute atomic E-state index is 0.329. The number of hydrogen-bond donors (Lipinski definition) is 1. The maximum absolute atomic E-state index is 13.5. The molecule has 5 rings (SSSR count). The van der Waals surface area contributed by atoms with Crippen molar-refractivity contribution in [2.24, 2.45) is 0 Å². The summed E-state index contributed by atoms with van der Waals surface area (Å²) in [6, 6.07) is 13.1. The Bertz CT molecular complexity index is 1540. The molecule has 196 valence electrons. The van der Waals surface area contributed by atoms with E-state index in [-0.39, 0.29) is 0 Å². The summed E-state index contributed by atoms with van der Waals surface area (Å²) in [4.78, 5) is 38.1. The highest BCUT2D eigenvalue weighted by molar-refractivity contribution is 7.14. The lowest BCUT2D eigenvalue weighted by Gasteiger charge is -2.32. The van der Waals surface area contributed by atoms with Crippen LogP contribution in [0.3, 0.4) is 0 Å². The second kappa shape index (κ2) is 11.0. The Morgan fingerprint density at radius 2 is 1.87 bits per heavy atom. The molecule has 0 radical (unpaired) electrons. The maximum atomic E-state index is 13.5. The molecule has 0 spiro atoms. The van der Waals surface area contributed by atoms with E-state index in [1.807, 2.05) is 29.6 Å². The first-order chi connectivity index (χ1) is 18.2. The zero-order valence-electron chi connectivity index (χ0n) is 21.1. The summed E-state index contributed by atoms with van der Waals surface area (Å²) in [5.41, 5.74) is 4.42. The van der Waals surface area contributed by atoms with Crippen LogP contribution in [0.25, 0.3) is 22.2 Å². The van der Waals surface area contributed by atoms with E-state index in [1.54, 1.807) is 25.1 Å². The fourth-order valence-electron chi connectivity index (χ4n) is 4.48. The minimum Gasteiger partial charge on any atom is -0.449 e. The first-order valence-corrected chi connectivity index (χ1v) is 13.9. The average molecular weight is 570 g/mol. The lowest BCUT2D eigenvalue weighted by molar-refractivity contribution is -0.123. The van der Waals surface area contributed by atoms with Crippen LogP contribution in [0.1, 0.15) is 42.4 Å². The monoisotopic (exact) mass is 568 g/mol. The second-order valence-electron chi connectivity index (χ2n) is 9.45. The van der Waals surface area contributed by atoms with Crippen molar-refractivity contribution >= 4 is 62.4 Å². The quantitative estimate of drug-likeness (QED) is 0.263. The molecule has 0 bridgehead atoms. The molecular formula is C28H26Cl2N4O3S. The van der Waals surface area contributed by atoms with E-state index in [0.29, 0.717) is 39.0 Å². The Morgan fingerprint density at radius 1 is 1.08 bits per heavy atom. The predicted molar refractivity (Wildman–Crippen MR) is 152 cm³/mol. The van der Waals surface area contributed by atoms with E-state index in [4.69, 9.17) is 32.9 Å². The molecule has 38 heavy (non-hydrogen) atoms. The topological polar surface area (TPSA) is 84.4 Å². The fraction of sp³-hybridized carbons (Fsp3) is 0.286. The van der Waals surface area contributed by atoms with E-state index < -0.39 is 18.0 Å². The third kappa shape index (κ3) is 5.40. The molecule has 1 atom stereocenters. The molecule has 10 heteroatoms. The smallest absolute Gasteiger partial charge is 0.339 e. The summed E-state index contributed by atoms with van der Waals surface area (Å²) in [5.74, 6) is -1.01. The number of carbonyl (C=O) groups is 2. The lowest BCUT2D eigenvalue weighted by atomic mass is 9.95. The number of ether oxygens (including phenoxy) is 1. The Morgan fingerprint density at radius 3 is 2.63 bits per heavy atom. The Kier molecular flexibility index (Phi) is 7.68. The third-order valence-corrected chi connectivity index (χ3v) is 8.11. The number of esters is 1. The Balaban J connectivity index is 1.35. The number of fused-ring (bicyclic) bond motifs is 2. The zero-order chi connectivity index (χ0) is 27.0. The number of rotatable bonds is 6. The number of para-hydroxylation sites is 1. The van der Waals surface area contributed by atoms with Crippen molar-refractivity contribution in [3.8, 4) is 11.3 Å². The fourth-order valence-corrected chi connectivity index (χ4v) is 5.50. The largest absolute Gasteiger partial charge is 0.449 e. The summed E-state index contributed by atoms with van der Waals surface area (Å²) in [6.07, 6.45) is -0.285. The molecular weight excluding hydrogens is 543 g/mol. The number of nitrogens with zero attached hydrogens (tertiary/aromatic N) is 3. The summed E-state index contributed by atoms with van der Waals surface area (Å²) in [5, 5.41) is 6.54. The first-order valence-electron chi connectivity index (χ1n) is 12.3. The molecule has 1 amide bonds. The highest BCUT2D eigenvalue weighted by Crippen LogP contribution is 2.32. The van der Waals surface area contributed by atoms with Crippen molar-refractivity contribution in [1.29, 1.82) is 0 Å². The highest BCUT2D eigenvalue weighted by Gasteiger charge is 2.29. The molecule has 1 aliphatic rings. The number of carbonyl (C=O) groups excluding carboxylic acids is 2. The van der Waals surface area contributed by atoms with Gasteiger partial charge in [-0.25, -0.2) is 9.78 Å². The van der Waals surface area contributed by atoms with Gasteiger partial charge in [-0.3, -0.25) is 20.0 Å². The lowest BCUT2D eigenvalue weighted by Crippen LogP contribution is -2.37. The number of hydrogen-bond acceptors (Lipinski definition) is 7. The highest BCUT2D eigenvalue weighted by atomic mass is 35.5. The molecule has 1 unspecified atom stereocenters. The number of anilines is 1. The molecule has 2 aromatic heterocycles. The minimum atomic E-state index is -1.04. The standard InChI is InChI=1S/C28H26Cl2N4O3S/c1-15(2)34-11-10-23-19(13-34)25(18-6-4-5-7-22(18)31-23)27(36)37-16(3)26(35)33-28-32-24(14-38-28)17-8-9-20(29)21(30)12-17/h4-9,12,14-16H,10-11,13H2,1-3H3,(H,32,33,35). The summed E-state index contributed by atoms with van der Waals surface area (Å²) in [6.45, 7) is 7.30. The van der Waals surface area contributed by atoms with E-state index in [2.05, 4.69) is 29.0 Å². The van der Waals surface area contributed by atoms with Crippen LogP contribution >= 0.6 is 34.5 Å². The maximum Gasteiger partial charge on any atom is 0.339 e. The molecule has 0 aliphatic carbocycles. The van der Waals surface area contributed by atoms with Gasteiger partial charge in [-0.05, 0) is 39.0 Å². The molecule has 2 aromatic carbocycles. The van der Waals surface area contributed by atoms with Crippen molar-refractivity contribution in [2.45, 2.75) is 45.9 Å². The summed E-state index contributed by atoms with van der Waals surface area (Å²) >= 11 is 13.4. The van der Waals surface area contributed by atoms with Gasteiger partial charge in [-0.1, -0.05) is 47.5 Å². The molecule has 7 nitrogen and oxygen atoms in total. The van der Waals surface area contributed by atoms with Crippen molar-refractivity contribution in [3.63, 3.8) is 0 Å². The molecule has 4 aromatic rings. The van der Waals surface area contributed by atoms with Crippen LogP contribution in [0.15, 0.2) is 47.8 Å². The molecule has 0 saturated heterocycles. The van der Waals surface area contributed by atoms with E-state index in [1.165, 1.54) is 11.3 Å². The molecule has 1 aliphatic heterocycles. The number of halogens is 2. The van der Waals surface area contributed by atoms with Crippen molar-refractivity contribution in [2.75, 3.05) is 11.9 Å². The second-order valence-corrected chi connectivity index (χ2v) is 11.1. The average Bonchev–Trinajstić information content (AvgIpc) is 3.36. The van der Waals surface area contributed by atoms with Gasteiger partial charge in [0.05, 0.1) is 26.8 Å². The van der Waals surface area contributed by atoms with Crippen molar-refractivity contribution in [3.05, 3.63) is 74.7 Å². The van der Waals surface area contributed by atoms with Gasteiger partial charge in [0.25, 0.3) is 5.91 Å². The number of benzene rings is 2. The van der Waals surface area contributed by atoms with E-state index in [0.717, 1.165) is 40.7 Å². The number of pyridine rings is 1. The first kappa shape index (κ1) is 26.6. The van der Waals surface area contributed by atoms with Crippen LogP contribution < -0.4 is 5.32 Å². The molecule has 1 N–H and O–H groups in total. The number of amides is 1. The predicted octanol–water partition coefficient (Wildman–Crippen LogP) is 6.62. The summed E-state index contributed by atoms with van der Waals surface area (Å²) in [7, 11) is 0. The van der Waals surface area contributed by atoms with Gasteiger partial charge in [0.1, 0.15) is 0 Å². The van der Waals surface area contributed by atoms with Gasteiger partial charge in [0, 0.05) is 53.1 Å². The SMILES string of the molecule is CC(OC(=O)c1c2c(nc3ccccc13)CCN(C(C)C)C2)C(=O)Nc1nc(-c2ccc(Cl)c(Cl)c2)cs1. The number of nitrogens with one attached hydrogen (secondary N) is 1. The van der Waals surface area contributed by atoms with E-state index >= 15 is 0 Å². The Hall–Kier alpha value is -3.04. The number of aromatic nitrogens is 2. The summed E-state index contributed by atoms with van der Waals surface area (Å²) < 4.78 is 5.71. The molecule has 3 heterocycles. The van der Waals surface area contributed by atoms with Gasteiger partial charge in [-0.2, -0.15) is 0 Å². The Labute approximate surface area is 234 Å². The van der Waals surface area contributed by atoms with Crippen LogP contribution in [0.4, 0.5) is 5.13 Å². The van der Waals surface area contributed by atoms with Crippen LogP contribution in [0.2, 0.25) is 10.0 Å². The van der Waals surface area contributed by atoms with Crippen LogP contribution in [0.5, 0.6) is 0 Å². The molecule has 0 saturated carbocycles. The van der Waals surface area contributed by atoms with Gasteiger partial charge >= 0.3 is 5.97 Å². The van der Waals surface area contributed by atoms with Gasteiger partial charge in [0.15, 0.2) is 11.2 Å². The number of thiazole rings is 1. The zero-order valence-corrected chi connectivity index (χ0v) is 23.5. The van der Waals surface area contributed by atoms with Crippen LogP contribution in [0, 0.1) is 0 Å². The van der Waals surface area contributed by atoms with Crippen LogP contribution in [-0.2, 0) is 22.5 Å². The van der Waals surface area contributed by atoms with Crippen molar-refractivity contribution < 1.29 is 14.3 Å². The van der Waals surface area contributed by atoms with Crippen LogP contribution in [-0.4, -0.2) is 45.4 Å². The van der Waals surface area contributed by atoms with Crippen molar-refractivity contribution in [1.82, 2.24) is 14.9 Å². The van der Waals surface area contributed by atoms with E-state index in [9.17, 15) is 9.59 Å². The van der Waals surface area contributed by atoms with Gasteiger partial charge in [-0.15, -0.1) is 11.3 Å².